The highest BCUT2D eigenvalue weighted by Crippen LogP contribution is 2.10. The minimum absolute atomic E-state index is 0.146. The fourth-order valence-electron chi connectivity index (χ4n) is 2.10. The zero-order valence-corrected chi connectivity index (χ0v) is 12.4. The third-order valence-electron chi connectivity index (χ3n) is 3.41. The quantitative estimate of drug-likeness (QED) is 0.567. The van der Waals surface area contributed by atoms with Gasteiger partial charge < -0.3 is 5.32 Å². The number of halogens is 1. The third-order valence-corrected chi connectivity index (χ3v) is 3.41. The molecule has 0 aliphatic rings. The molecule has 0 saturated heterocycles. The Balaban J connectivity index is 1.84. The molecule has 0 fully saturated rings. The molecular weight excluding hydrogens is 283 g/mol. The van der Waals surface area contributed by atoms with Crippen molar-refractivity contribution < 1.29 is 14.4 Å². The average molecular weight is 302 g/mol. The molecule has 0 unspecified atom stereocenters. The molecule has 0 saturated carbocycles. The van der Waals surface area contributed by atoms with Gasteiger partial charge in [0.25, 0.3) is 0 Å². The molecule has 0 atom stereocenters. The summed E-state index contributed by atoms with van der Waals surface area (Å²) in [7, 11) is 0. The maximum atomic E-state index is 13.4. The zero-order chi connectivity index (χ0) is 15.9. The molecule has 0 aromatic heterocycles. The molecule has 2 aromatic carbocycles. The lowest BCUT2D eigenvalue weighted by molar-refractivity contribution is -0.128. The smallest absolute Gasteiger partial charge is 0.247 e. The molecule has 0 aliphatic heterocycles. The van der Waals surface area contributed by atoms with E-state index in [1.165, 1.54) is 0 Å². The van der Waals surface area contributed by atoms with Gasteiger partial charge in [-0.15, -0.1) is 0 Å². The summed E-state index contributed by atoms with van der Waals surface area (Å²) in [5, 5.41) is 11.7. The maximum Gasteiger partial charge on any atom is 0.247 e. The van der Waals surface area contributed by atoms with Crippen LogP contribution >= 0.6 is 0 Å². The Morgan fingerprint density at radius 3 is 2.27 bits per heavy atom. The van der Waals surface area contributed by atoms with Gasteiger partial charge in [0, 0.05) is 13.1 Å². The van der Waals surface area contributed by atoms with E-state index in [1.54, 1.807) is 24.5 Å². The number of hydroxylamine groups is 1. The molecule has 5 heteroatoms. The Labute approximate surface area is 128 Å². The van der Waals surface area contributed by atoms with Crippen LogP contribution in [0.3, 0.4) is 0 Å². The van der Waals surface area contributed by atoms with Crippen LogP contribution < -0.4 is 10.8 Å². The molecule has 22 heavy (non-hydrogen) atoms. The Bertz CT molecular complexity index is 642. The topological polar surface area (TPSA) is 61.4 Å². The average Bonchev–Trinajstić information content (AvgIpc) is 2.52. The van der Waals surface area contributed by atoms with E-state index in [0.717, 1.165) is 16.7 Å². The van der Waals surface area contributed by atoms with Gasteiger partial charge in [0.1, 0.15) is 5.82 Å². The SMILES string of the molecule is Cc1ccc(CNCc2ccc(CC(=O)NO)cc2)cc1F. The first-order valence-electron chi connectivity index (χ1n) is 7.05. The van der Waals surface area contributed by atoms with Crippen LogP contribution in [0.1, 0.15) is 22.3 Å². The van der Waals surface area contributed by atoms with E-state index >= 15 is 0 Å². The van der Waals surface area contributed by atoms with E-state index in [0.29, 0.717) is 18.7 Å². The monoisotopic (exact) mass is 302 g/mol. The standard InChI is InChI=1S/C17H19FN2O2/c1-12-2-3-15(8-16(12)18)11-19-10-14-6-4-13(5-7-14)9-17(21)20-22/h2-8,19,22H,9-11H2,1H3,(H,20,21). The molecule has 0 bridgehead atoms. The first-order valence-corrected chi connectivity index (χ1v) is 7.05. The lowest BCUT2D eigenvalue weighted by Crippen LogP contribution is -2.20. The van der Waals surface area contributed by atoms with E-state index in [2.05, 4.69) is 5.32 Å². The molecule has 0 aliphatic carbocycles. The van der Waals surface area contributed by atoms with Gasteiger partial charge in [0.2, 0.25) is 5.91 Å². The number of aryl methyl sites for hydroxylation is 1. The van der Waals surface area contributed by atoms with Crippen molar-refractivity contribution in [2.45, 2.75) is 26.4 Å². The lowest BCUT2D eigenvalue weighted by atomic mass is 10.1. The van der Waals surface area contributed by atoms with Gasteiger partial charge in [0.05, 0.1) is 6.42 Å². The van der Waals surface area contributed by atoms with Crippen LogP contribution in [0.2, 0.25) is 0 Å². The Hall–Kier alpha value is -2.24. The van der Waals surface area contributed by atoms with Crippen molar-refractivity contribution in [2.75, 3.05) is 0 Å². The van der Waals surface area contributed by atoms with Crippen molar-refractivity contribution >= 4 is 5.91 Å². The molecule has 116 valence electrons. The Kier molecular flexibility index (Phi) is 5.63. The van der Waals surface area contributed by atoms with Crippen LogP contribution in [-0.2, 0) is 24.3 Å². The zero-order valence-electron chi connectivity index (χ0n) is 12.4. The molecular formula is C17H19FN2O2. The van der Waals surface area contributed by atoms with Crippen LogP contribution in [0, 0.1) is 12.7 Å². The molecule has 2 aromatic rings. The van der Waals surface area contributed by atoms with Gasteiger partial charge in [-0.25, -0.2) is 9.87 Å². The highest BCUT2D eigenvalue weighted by atomic mass is 19.1. The second-order valence-electron chi connectivity index (χ2n) is 5.22. The number of benzene rings is 2. The number of carbonyl (C=O) groups is 1. The van der Waals surface area contributed by atoms with Gasteiger partial charge in [-0.2, -0.15) is 0 Å². The highest BCUT2D eigenvalue weighted by Gasteiger charge is 2.02. The number of amides is 1. The fraction of sp³-hybridized carbons (Fsp3) is 0.235. The van der Waals surface area contributed by atoms with Crippen LogP contribution in [0.4, 0.5) is 4.39 Å². The van der Waals surface area contributed by atoms with Crippen molar-refractivity contribution in [3.8, 4) is 0 Å². The molecule has 2 rings (SSSR count). The summed E-state index contributed by atoms with van der Waals surface area (Å²) < 4.78 is 13.4. The second-order valence-corrected chi connectivity index (χ2v) is 5.22. The van der Waals surface area contributed by atoms with E-state index in [1.807, 2.05) is 30.3 Å². The lowest BCUT2D eigenvalue weighted by Gasteiger charge is -2.07. The van der Waals surface area contributed by atoms with Gasteiger partial charge in [-0.1, -0.05) is 36.4 Å². The van der Waals surface area contributed by atoms with Crippen LogP contribution in [0.25, 0.3) is 0 Å². The van der Waals surface area contributed by atoms with Crippen molar-refractivity contribution in [3.63, 3.8) is 0 Å². The van der Waals surface area contributed by atoms with Gasteiger partial charge in [0.15, 0.2) is 0 Å². The molecule has 1 amide bonds. The summed E-state index contributed by atoms with van der Waals surface area (Å²) >= 11 is 0. The summed E-state index contributed by atoms with van der Waals surface area (Å²) in [6, 6.07) is 12.7. The van der Waals surface area contributed by atoms with E-state index in [-0.39, 0.29) is 12.2 Å². The minimum atomic E-state index is -0.438. The molecule has 4 nitrogen and oxygen atoms in total. The van der Waals surface area contributed by atoms with Crippen molar-refractivity contribution in [1.29, 1.82) is 0 Å². The van der Waals surface area contributed by atoms with Crippen molar-refractivity contribution in [2.24, 2.45) is 0 Å². The van der Waals surface area contributed by atoms with E-state index in [4.69, 9.17) is 5.21 Å². The van der Waals surface area contributed by atoms with Gasteiger partial charge >= 0.3 is 0 Å². The van der Waals surface area contributed by atoms with Crippen LogP contribution in [0.5, 0.6) is 0 Å². The summed E-state index contributed by atoms with van der Waals surface area (Å²) in [5.41, 5.74) is 5.05. The molecule has 0 heterocycles. The maximum absolute atomic E-state index is 13.4. The summed E-state index contributed by atoms with van der Waals surface area (Å²) in [4.78, 5) is 11.0. The fourth-order valence-corrected chi connectivity index (χ4v) is 2.10. The summed E-state index contributed by atoms with van der Waals surface area (Å²) in [6.07, 6.45) is 0.146. The molecule has 0 spiro atoms. The number of nitrogens with one attached hydrogen (secondary N) is 2. The number of hydrogen-bond acceptors (Lipinski definition) is 3. The predicted molar refractivity (Wildman–Crippen MR) is 81.8 cm³/mol. The second kappa shape index (κ2) is 7.68. The Morgan fingerprint density at radius 1 is 1.05 bits per heavy atom. The Morgan fingerprint density at radius 2 is 1.64 bits per heavy atom. The van der Waals surface area contributed by atoms with E-state index in [9.17, 15) is 9.18 Å². The number of carbonyl (C=O) groups excluding carboxylic acids is 1. The normalized spacial score (nSPS) is 10.5. The van der Waals surface area contributed by atoms with Gasteiger partial charge in [-0.05, 0) is 35.2 Å². The number of hydrogen-bond donors (Lipinski definition) is 3. The summed E-state index contributed by atoms with van der Waals surface area (Å²) in [5.74, 6) is -0.627. The largest absolute Gasteiger partial charge is 0.309 e. The minimum Gasteiger partial charge on any atom is -0.309 e. The van der Waals surface area contributed by atoms with Crippen molar-refractivity contribution in [3.05, 3.63) is 70.5 Å². The van der Waals surface area contributed by atoms with E-state index < -0.39 is 5.91 Å². The number of rotatable bonds is 6. The highest BCUT2D eigenvalue weighted by molar-refractivity contribution is 5.77. The predicted octanol–water partition coefficient (Wildman–Crippen LogP) is 2.47. The molecule has 3 N–H and O–H groups in total. The first kappa shape index (κ1) is 16.1. The molecule has 0 radical (unpaired) electrons. The summed E-state index contributed by atoms with van der Waals surface area (Å²) in [6.45, 7) is 2.99. The van der Waals surface area contributed by atoms with Crippen LogP contribution in [0.15, 0.2) is 42.5 Å². The van der Waals surface area contributed by atoms with Gasteiger partial charge in [-0.3, -0.25) is 10.0 Å². The van der Waals surface area contributed by atoms with Crippen LogP contribution in [-0.4, -0.2) is 11.1 Å². The third kappa shape index (κ3) is 4.65. The first-order chi connectivity index (χ1) is 10.6. The van der Waals surface area contributed by atoms with Crippen molar-refractivity contribution in [1.82, 2.24) is 10.8 Å².